The van der Waals surface area contributed by atoms with Gasteiger partial charge in [0, 0.05) is 5.69 Å². The molecular formula is C18H19NO4. The minimum Gasteiger partial charge on any atom is -0.497 e. The summed E-state index contributed by atoms with van der Waals surface area (Å²) >= 11 is 0. The number of rotatable bonds is 4. The molecule has 1 aliphatic heterocycles. The Morgan fingerprint density at radius 1 is 1.09 bits per heavy atom. The van der Waals surface area contributed by atoms with E-state index in [9.17, 15) is 4.79 Å². The zero-order chi connectivity index (χ0) is 16.2. The molecule has 1 aliphatic rings. The van der Waals surface area contributed by atoms with Gasteiger partial charge in [0.05, 0.1) is 20.3 Å². The summed E-state index contributed by atoms with van der Waals surface area (Å²) in [6, 6.07) is 17.3. The molecule has 1 fully saturated rings. The molecule has 0 bridgehead atoms. The maximum Gasteiger partial charge on any atom is 0.337 e. The number of esters is 1. The van der Waals surface area contributed by atoms with Crippen LogP contribution in [0.4, 0.5) is 5.69 Å². The first kappa shape index (κ1) is 15.4. The van der Waals surface area contributed by atoms with Gasteiger partial charge in [-0.15, -0.1) is 0 Å². The molecule has 2 atom stereocenters. The number of hydrogen-bond acceptors (Lipinski definition) is 5. The summed E-state index contributed by atoms with van der Waals surface area (Å²) in [5.41, 5.74) is 1.97. The van der Waals surface area contributed by atoms with Crippen LogP contribution in [0.5, 0.6) is 5.75 Å². The molecule has 5 heteroatoms. The van der Waals surface area contributed by atoms with Gasteiger partial charge in [-0.3, -0.25) is 0 Å². The quantitative estimate of drug-likeness (QED) is 0.812. The van der Waals surface area contributed by atoms with Gasteiger partial charge in [0.15, 0.2) is 6.10 Å². The lowest BCUT2D eigenvalue weighted by Gasteiger charge is -2.27. The van der Waals surface area contributed by atoms with Crippen molar-refractivity contribution in [3.8, 4) is 5.75 Å². The van der Waals surface area contributed by atoms with Crippen molar-refractivity contribution in [1.82, 2.24) is 0 Å². The van der Waals surface area contributed by atoms with Crippen LogP contribution in [0.25, 0.3) is 0 Å². The van der Waals surface area contributed by atoms with Crippen molar-refractivity contribution in [2.24, 2.45) is 0 Å². The average molecular weight is 313 g/mol. The molecule has 23 heavy (non-hydrogen) atoms. The fourth-order valence-electron chi connectivity index (χ4n) is 2.82. The number of carbonyl (C=O) groups excluding carboxylic acids is 1. The van der Waals surface area contributed by atoms with Crippen LogP contribution in [0, 0.1) is 0 Å². The Hall–Kier alpha value is -2.53. The largest absolute Gasteiger partial charge is 0.497 e. The van der Waals surface area contributed by atoms with Crippen molar-refractivity contribution in [2.45, 2.75) is 12.1 Å². The Morgan fingerprint density at radius 2 is 1.78 bits per heavy atom. The van der Waals surface area contributed by atoms with E-state index in [0.29, 0.717) is 6.73 Å². The highest BCUT2D eigenvalue weighted by Gasteiger charge is 2.41. The molecular weight excluding hydrogens is 294 g/mol. The highest BCUT2D eigenvalue weighted by molar-refractivity contribution is 5.77. The molecule has 2 aromatic carbocycles. The van der Waals surface area contributed by atoms with Crippen LogP contribution in [0.3, 0.4) is 0 Å². The Labute approximate surface area is 135 Å². The molecule has 5 nitrogen and oxygen atoms in total. The molecule has 1 heterocycles. The second kappa shape index (κ2) is 6.71. The highest BCUT2D eigenvalue weighted by Crippen LogP contribution is 2.37. The maximum absolute atomic E-state index is 12.1. The maximum atomic E-state index is 12.1. The number of carbonyl (C=O) groups is 1. The first-order chi connectivity index (χ1) is 11.2. The summed E-state index contributed by atoms with van der Waals surface area (Å²) in [7, 11) is 3.01. The summed E-state index contributed by atoms with van der Waals surface area (Å²) in [6.45, 7) is 0.325. The fourth-order valence-corrected chi connectivity index (χ4v) is 2.82. The number of anilines is 1. The smallest absolute Gasteiger partial charge is 0.337 e. The molecule has 0 radical (unpaired) electrons. The minimum absolute atomic E-state index is 0.225. The van der Waals surface area contributed by atoms with Crippen LogP contribution >= 0.6 is 0 Å². The second-order valence-corrected chi connectivity index (χ2v) is 5.26. The predicted molar refractivity (Wildman–Crippen MR) is 86.4 cm³/mol. The van der Waals surface area contributed by atoms with Crippen molar-refractivity contribution in [3.05, 3.63) is 60.2 Å². The van der Waals surface area contributed by atoms with Gasteiger partial charge in [-0.1, -0.05) is 30.3 Å². The summed E-state index contributed by atoms with van der Waals surface area (Å²) in [5.74, 6) is 0.421. The zero-order valence-electron chi connectivity index (χ0n) is 13.1. The van der Waals surface area contributed by atoms with Gasteiger partial charge in [0.25, 0.3) is 0 Å². The molecule has 0 aliphatic carbocycles. The van der Waals surface area contributed by atoms with Gasteiger partial charge in [-0.25, -0.2) is 4.79 Å². The molecule has 2 aromatic rings. The Kier molecular flexibility index (Phi) is 4.48. The summed E-state index contributed by atoms with van der Waals surface area (Å²) in [5, 5.41) is 0. The third-order valence-corrected chi connectivity index (χ3v) is 3.99. The number of methoxy groups -OCH3 is 2. The number of ether oxygens (including phenoxy) is 3. The zero-order valence-corrected chi connectivity index (χ0v) is 13.1. The topological polar surface area (TPSA) is 48.0 Å². The first-order valence-electron chi connectivity index (χ1n) is 7.39. The molecule has 0 aromatic heterocycles. The van der Waals surface area contributed by atoms with E-state index in [1.165, 1.54) is 7.11 Å². The van der Waals surface area contributed by atoms with Gasteiger partial charge < -0.3 is 19.1 Å². The lowest BCUT2D eigenvalue weighted by Crippen LogP contribution is -2.32. The third kappa shape index (κ3) is 3.00. The van der Waals surface area contributed by atoms with Gasteiger partial charge >= 0.3 is 5.97 Å². The standard InChI is InChI=1S/C18H19NO4/c1-21-15-10-8-14(9-11-15)19-12-23-17(18(20)22-2)16(19)13-6-4-3-5-7-13/h3-11,16-17H,12H2,1-2H3/t16-,17+/m0/s1. The van der Waals surface area contributed by atoms with E-state index in [2.05, 4.69) is 4.90 Å². The van der Waals surface area contributed by atoms with E-state index in [0.717, 1.165) is 17.0 Å². The van der Waals surface area contributed by atoms with Gasteiger partial charge in [0.1, 0.15) is 12.5 Å². The second-order valence-electron chi connectivity index (χ2n) is 5.26. The molecule has 0 saturated carbocycles. The fraction of sp³-hybridized carbons (Fsp3) is 0.278. The normalized spacial score (nSPS) is 20.3. The first-order valence-corrected chi connectivity index (χ1v) is 7.39. The van der Waals surface area contributed by atoms with Crippen LogP contribution in [0.15, 0.2) is 54.6 Å². The van der Waals surface area contributed by atoms with Crippen molar-refractivity contribution >= 4 is 11.7 Å². The number of benzene rings is 2. The summed E-state index contributed by atoms with van der Waals surface area (Å²) in [4.78, 5) is 14.1. The minimum atomic E-state index is -0.649. The SMILES string of the molecule is COC(=O)[C@@H]1OCN(c2ccc(OC)cc2)[C@H]1c1ccccc1. The van der Waals surface area contributed by atoms with E-state index >= 15 is 0 Å². The third-order valence-electron chi connectivity index (χ3n) is 3.99. The van der Waals surface area contributed by atoms with E-state index in [-0.39, 0.29) is 12.0 Å². The van der Waals surface area contributed by atoms with E-state index in [4.69, 9.17) is 14.2 Å². The number of hydrogen-bond donors (Lipinski definition) is 0. The van der Waals surface area contributed by atoms with E-state index < -0.39 is 6.10 Å². The van der Waals surface area contributed by atoms with Crippen LogP contribution in [0.1, 0.15) is 11.6 Å². The monoisotopic (exact) mass is 313 g/mol. The van der Waals surface area contributed by atoms with Crippen molar-refractivity contribution in [2.75, 3.05) is 25.9 Å². The van der Waals surface area contributed by atoms with Crippen molar-refractivity contribution in [3.63, 3.8) is 0 Å². The molecule has 3 rings (SSSR count). The lowest BCUT2D eigenvalue weighted by atomic mass is 10.0. The Morgan fingerprint density at radius 3 is 2.39 bits per heavy atom. The summed E-state index contributed by atoms with van der Waals surface area (Å²) in [6.07, 6.45) is -0.649. The summed E-state index contributed by atoms with van der Waals surface area (Å²) < 4.78 is 15.8. The van der Waals surface area contributed by atoms with Gasteiger partial charge in [-0.05, 0) is 29.8 Å². The van der Waals surface area contributed by atoms with Crippen LogP contribution in [-0.4, -0.2) is 33.0 Å². The average Bonchev–Trinajstić information content (AvgIpc) is 3.07. The Bertz CT molecular complexity index is 656. The van der Waals surface area contributed by atoms with Crippen molar-refractivity contribution in [1.29, 1.82) is 0 Å². The molecule has 0 unspecified atom stereocenters. The Balaban J connectivity index is 1.96. The van der Waals surface area contributed by atoms with Gasteiger partial charge in [-0.2, -0.15) is 0 Å². The molecule has 0 N–H and O–H groups in total. The number of nitrogens with zero attached hydrogens (tertiary/aromatic N) is 1. The lowest BCUT2D eigenvalue weighted by molar-refractivity contribution is -0.151. The highest BCUT2D eigenvalue weighted by atomic mass is 16.6. The van der Waals surface area contributed by atoms with Crippen LogP contribution in [-0.2, 0) is 14.3 Å². The van der Waals surface area contributed by atoms with Crippen LogP contribution < -0.4 is 9.64 Å². The molecule has 120 valence electrons. The van der Waals surface area contributed by atoms with Gasteiger partial charge in [0.2, 0.25) is 0 Å². The molecule has 0 amide bonds. The van der Waals surface area contributed by atoms with E-state index in [1.54, 1.807) is 7.11 Å². The van der Waals surface area contributed by atoms with Crippen molar-refractivity contribution < 1.29 is 19.0 Å². The molecule has 1 saturated heterocycles. The van der Waals surface area contributed by atoms with E-state index in [1.807, 2.05) is 54.6 Å². The van der Waals surface area contributed by atoms with Crippen LogP contribution in [0.2, 0.25) is 0 Å². The molecule has 0 spiro atoms. The predicted octanol–water partition coefficient (Wildman–Crippen LogP) is 2.77.